The van der Waals surface area contributed by atoms with Crippen molar-refractivity contribution in [1.29, 1.82) is 0 Å². The largest absolute Gasteiger partial charge is 0.492 e. The van der Waals surface area contributed by atoms with E-state index in [1.165, 1.54) is 12.1 Å². The monoisotopic (exact) mass is 240 g/mol. The molecule has 0 spiro atoms. The number of carbonyl (C=O) groups is 1. The summed E-state index contributed by atoms with van der Waals surface area (Å²) in [5.74, 6) is -0.166. The number of hydrogen-bond donors (Lipinski definition) is 2. The van der Waals surface area contributed by atoms with Crippen molar-refractivity contribution < 1.29 is 13.9 Å². The molecule has 1 amide bonds. The summed E-state index contributed by atoms with van der Waals surface area (Å²) in [5.41, 5.74) is 4.69. The van der Waals surface area contributed by atoms with Gasteiger partial charge in [0.05, 0.1) is 12.1 Å². The number of amides is 1. The van der Waals surface area contributed by atoms with E-state index in [4.69, 9.17) is 10.5 Å². The molecule has 3 N–H and O–H groups in total. The summed E-state index contributed by atoms with van der Waals surface area (Å²) in [7, 11) is 0. The maximum Gasteiger partial charge on any atom is 0.239 e. The van der Waals surface area contributed by atoms with Gasteiger partial charge >= 0.3 is 0 Å². The molecule has 1 rings (SSSR count). The van der Waals surface area contributed by atoms with Crippen molar-refractivity contribution >= 4 is 5.91 Å². The fraction of sp³-hybridized carbons (Fsp3) is 0.417. The van der Waals surface area contributed by atoms with Crippen molar-refractivity contribution in [3.63, 3.8) is 0 Å². The Hall–Kier alpha value is -1.62. The van der Waals surface area contributed by atoms with E-state index in [-0.39, 0.29) is 18.3 Å². The van der Waals surface area contributed by atoms with Crippen LogP contribution < -0.4 is 15.8 Å². The Bertz CT molecular complexity index is 388. The third-order valence-electron chi connectivity index (χ3n) is 2.04. The topological polar surface area (TPSA) is 64.4 Å². The normalized spacial score (nSPS) is 11.1. The average molecular weight is 240 g/mol. The SMILES string of the molecule is CC(C)(N)C(=O)NCCOc1cccc(F)c1. The molecule has 4 nitrogen and oxygen atoms in total. The highest BCUT2D eigenvalue weighted by Gasteiger charge is 2.20. The molecule has 0 bridgehead atoms. The molecule has 0 heterocycles. The Morgan fingerprint density at radius 1 is 1.53 bits per heavy atom. The van der Waals surface area contributed by atoms with Crippen LogP contribution in [0.1, 0.15) is 13.8 Å². The summed E-state index contributed by atoms with van der Waals surface area (Å²) in [4.78, 5) is 11.4. The molecular weight excluding hydrogens is 223 g/mol. The van der Waals surface area contributed by atoms with Crippen LogP contribution in [0.3, 0.4) is 0 Å². The van der Waals surface area contributed by atoms with Crippen molar-refractivity contribution in [2.75, 3.05) is 13.2 Å². The molecule has 0 aromatic heterocycles. The third kappa shape index (κ3) is 4.82. The predicted octanol–water partition coefficient (Wildman–Crippen LogP) is 1.06. The Balaban J connectivity index is 2.28. The van der Waals surface area contributed by atoms with E-state index in [0.29, 0.717) is 12.3 Å². The number of carbonyl (C=O) groups excluding carboxylic acids is 1. The van der Waals surface area contributed by atoms with Crippen LogP contribution in [-0.2, 0) is 4.79 Å². The number of hydrogen-bond acceptors (Lipinski definition) is 3. The first-order chi connectivity index (χ1) is 7.89. The van der Waals surface area contributed by atoms with Crippen LogP contribution in [0.5, 0.6) is 5.75 Å². The van der Waals surface area contributed by atoms with E-state index in [9.17, 15) is 9.18 Å². The molecule has 1 aromatic carbocycles. The van der Waals surface area contributed by atoms with E-state index < -0.39 is 5.54 Å². The first kappa shape index (κ1) is 13.4. The summed E-state index contributed by atoms with van der Waals surface area (Å²) in [5, 5.41) is 2.62. The zero-order valence-corrected chi connectivity index (χ0v) is 10.00. The first-order valence-corrected chi connectivity index (χ1v) is 5.35. The molecule has 0 atom stereocenters. The van der Waals surface area contributed by atoms with Gasteiger partial charge in [0.25, 0.3) is 0 Å². The average Bonchev–Trinajstić information content (AvgIpc) is 2.23. The molecule has 0 aliphatic heterocycles. The Morgan fingerprint density at radius 3 is 2.82 bits per heavy atom. The molecule has 0 radical (unpaired) electrons. The summed E-state index contributed by atoms with van der Waals surface area (Å²) >= 11 is 0. The fourth-order valence-electron chi connectivity index (χ4n) is 1.12. The van der Waals surface area contributed by atoms with Gasteiger partial charge in [-0.25, -0.2) is 4.39 Å². The molecule has 5 heteroatoms. The van der Waals surface area contributed by atoms with Gasteiger partial charge in [0.2, 0.25) is 5.91 Å². The molecule has 0 saturated carbocycles. The minimum atomic E-state index is -0.904. The van der Waals surface area contributed by atoms with Crippen LogP contribution in [0.15, 0.2) is 24.3 Å². The van der Waals surface area contributed by atoms with Crippen molar-refractivity contribution in [1.82, 2.24) is 5.32 Å². The lowest BCUT2D eigenvalue weighted by Gasteiger charge is -2.17. The minimum absolute atomic E-state index is 0.250. The van der Waals surface area contributed by atoms with Gasteiger partial charge < -0.3 is 15.8 Å². The third-order valence-corrected chi connectivity index (χ3v) is 2.04. The van der Waals surface area contributed by atoms with Gasteiger partial charge in [-0.05, 0) is 26.0 Å². The van der Waals surface area contributed by atoms with E-state index in [2.05, 4.69) is 5.32 Å². The molecule has 1 aromatic rings. The van der Waals surface area contributed by atoms with Crippen molar-refractivity contribution in [2.24, 2.45) is 5.73 Å². The highest BCUT2D eigenvalue weighted by Crippen LogP contribution is 2.11. The van der Waals surface area contributed by atoms with Crippen LogP contribution in [0.2, 0.25) is 0 Å². The van der Waals surface area contributed by atoms with Crippen LogP contribution in [0, 0.1) is 5.82 Å². The quantitative estimate of drug-likeness (QED) is 0.756. The number of rotatable bonds is 5. The zero-order valence-electron chi connectivity index (χ0n) is 10.00. The summed E-state index contributed by atoms with van der Waals surface area (Å²) in [6, 6.07) is 5.84. The van der Waals surface area contributed by atoms with Crippen LogP contribution in [0.25, 0.3) is 0 Å². The Morgan fingerprint density at radius 2 is 2.24 bits per heavy atom. The van der Waals surface area contributed by atoms with Gasteiger partial charge in [0, 0.05) is 6.07 Å². The van der Waals surface area contributed by atoms with E-state index in [1.807, 2.05) is 0 Å². The van der Waals surface area contributed by atoms with Gasteiger partial charge in [0.1, 0.15) is 18.2 Å². The van der Waals surface area contributed by atoms with E-state index in [1.54, 1.807) is 26.0 Å². The Labute approximate surface area is 100.0 Å². The standard InChI is InChI=1S/C12H17FN2O2/c1-12(2,14)11(16)15-6-7-17-10-5-3-4-9(13)8-10/h3-5,8H,6-7,14H2,1-2H3,(H,15,16). The number of benzene rings is 1. The van der Waals surface area contributed by atoms with Gasteiger partial charge in [-0.3, -0.25) is 4.79 Å². The first-order valence-electron chi connectivity index (χ1n) is 5.35. The van der Waals surface area contributed by atoms with Gasteiger partial charge in [-0.2, -0.15) is 0 Å². The second kappa shape index (κ2) is 5.63. The minimum Gasteiger partial charge on any atom is -0.492 e. The summed E-state index contributed by atoms with van der Waals surface area (Å²) in [6.45, 7) is 3.84. The Kier molecular flexibility index (Phi) is 4.45. The lowest BCUT2D eigenvalue weighted by Crippen LogP contribution is -2.49. The molecule has 0 aliphatic rings. The van der Waals surface area contributed by atoms with Gasteiger partial charge in [-0.15, -0.1) is 0 Å². The number of halogens is 1. The van der Waals surface area contributed by atoms with E-state index in [0.717, 1.165) is 0 Å². The molecule has 0 unspecified atom stereocenters. The predicted molar refractivity (Wildman–Crippen MR) is 63.2 cm³/mol. The molecule has 17 heavy (non-hydrogen) atoms. The van der Waals surface area contributed by atoms with Crippen molar-refractivity contribution in [3.8, 4) is 5.75 Å². The molecule has 94 valence electrons. The summed E-state index contributed by atoms with van der Waals surface area (Å²) in [6.07, 6.45) is 0. The van der Waals surface area contributed by atoms with Crippen molar-refractivity contribution in [2.45, 2.75) is 19.4 Å². The fourth-order valence-corrected chi connectivity index (χ4v) is 1.12. The van der Waals surface area contributed by atoms with Crippen LogP contribution in [-0.4, -0.2) is 24.6 Å². The van der Waals surface area contributed by atoms with Crippen LogP contribution in [0.4, 0.5) is 4.39 Å². The zero-order chi connectivity index (χ0) is 12.9. The summed E-state index contributed by atoms with van der Waals surface area (Å²) < 4.78 is 18.0. The molecule has 0 aliphatic carbocycles. The lowest BCUT2D eigenvalue weighted by molar-refractivity contribution is -0.125. The van der Waals surface area contributed by atoms with Crippen molar-refractivity contribution in [3.05, 3.63) is 30.1 Å². The number of nitrogens with two attached hydrogens (primary N) is 1. The number of nitrogens with one attached hydrogen (secondary N) is 1. The smallest absolute Gasteiger partial charge is 0.239 e. The van der Waals surface area contributed by atoms with E-state index >= 15 is 0 Å². The van der Waals surface area contributed by atoms with Gasteiger partial charge in [-0.1, -0.05) is 6.07 Å². The maximum atomic E-state index is 12.8. The molecule has 0 fully saturated rings. The maximum absolute atomic E-state index is 12.8. The highest BCUT2D eigenvalue weighted by atomic mass is 19.1. The number of ether oxygens (including phenoxy) is 1. The second-order valence-corrected chi connectivity index (χ2v) is 4.28. The second-order valence-electron chi connectivity index (χ2n) is 4.28. The highest BCUT2D eigenvalue weighted by molar-refractivity contribution is 5.84. The van der Waals surface area contributed by atoms with Gasteiger partial charge in [0.15, 0.2) is 0 Å². The van der Waals surface area contributed by atoms with Crippen LogP contribution >= 0.6 is 0 Å². The molecular formula is C12H17FN2O2. The molecule has 0 saturated heterocycles. The lowest BCUT2D eigenvalue weighted by atomic mass is 10.1.